The van der Waals surface area contributed by atoms with Crippen molar-refractivity contribution < 1.29 is 0 Å². The summed E-state index contributed by atoms with van der Waals surface area (Å²) in [6.45, 7) is 10.5. The summed E-state index contributed by atoms with van der Waals surface area (Å²) in [5.41, 5.74) is 9.83. The molecule has 0 spiro atoms. The molecule has 5 nitrogen and oxygen atoms in total. The molecule has 0 bridgehead atoms. The van der Waals surface area contributed by atoms with Gasteiger partial charge in [0, 0.05) is 13.2 Å². The van der Waals surface area contributed by atoms with Crippen LogP contribution in [0.5, 0.6) is 0 Å². The van der Waals surface area contributed by atoms with Crippen molar-refractivity contribution in [2.24, 2.45) is 7.05 Å². The largest absolute Gasteiger partial charge is 0.273 e. The lowest BCUT2D eigenvalue weighted by molar-refractivity contribution is 0.767. The van der Waals surface area contributed by atoms with E-state index in [9.17, 15) is 0 Å². The Morgan fingerprint density at radius 2 is 1.46 bits per heavy atom. The fraction of sp³-hybridized carbons (Fsp3) is 0.316. The van der Waals surface area contributed by atoms with Gasteiger partial charge in [-0.2, -0.15) is 14.7 Å². The van der Waals surface area contributed by atoms with Crippen LogP contribution in [0, 0.1) is 34.6 Å². The average Bonchev–Trinajstić information content (AvgIpc) is 3.00. The first-order valence-electron chi connectivity index (χ1n) is 8.14. The first-order valence-corrected chi connectivity index (χ1v) is 8.14. The molecular formula is C19H21N5. The number of benzene rings is 1. The van der Waals surface area contributed by atoms with Gasteiger partial charge in [0.05, 0.1) is 22.3 Å². The van der Waals surface area contributed by atoms with Crippen molar-refractivity contribution in [1.82, 2.24) is 24.4 Å². The number of hydrogen-bond donors (Lipinski definition) is 0. The van der Waals surface area contributed by atoms with Crippen LogP contribution in [0.3, 0.4) is 0 Å². The van der Waals surface area contributed by atoms with Crippen molar-refractivity contribution in [2.45, 2.75) is 34.6 Å². The molecule has 4 rings (SSSR count). The van der Waals surface area contributed by atoms with Crippen LogP contribution >= 0.6 is 0 Å². The quantitative estimate of drug-likeness (QED) is 0.536. The minimum atomic E-state index is 0.858. The van der Waals surface area contributed by atoms with E-state index < -0.39 is 0 Å². The van der Waals surface area contributed by atoms with Crippen molar-refractivity contribution in [1.29, 1.82) is 0 Å². The van der Waals surface area contributed by atoms with Gasteiger partial charge in [0.25, 0.3) is 0 Å². The molecule has 0 saturated heterocycles. The number of aryl methyl sites for hydroxylation is 6. The minimum Gasteiger partial charge on any atom is -0.273 e. The molecule has 0 aliphatic heterocycles. The molecule has 0 saturated carbocycles. The zero-order valence-corrected chi connectivity index (χ0v) is 15.0. The van der Waals surface area contributed by atoms with Crippen LogP contribution in [-0.2, 0) is 7.05 Å². The summed E-state index contributed by atoms with van der Waals surface area (Å²) in [4.78, 5) is 4.87. The number of fused-ring (bicyclic) bond motifs is 3. The lowest BCUT2D eigenvalue weighted by Crippen LogP contribution is -1.97. The van der Waals surface area contributed by atoms with Crippen LogP contribution in [-0.4, -0.2) is 24.4 Å². The number of nitrogens with zero attached hydrogens (tertiary/aromatic N) is 5. The summed E-state index contributed by atoms with van der Waals surface area (Å²) < 4.78 is 3.70. The van der Waals surface area contributed by atoms with E-state index in [0.717, 1.165) is 33.6 Å². The first-order chi connectivity index (χ1) is 11.4. The Hall–Kier alpha value is -2.69. The van der Waals surface area contributed by atoms with Gasteiger partial charge in [-0.1, -0.05) is 17.7 Å². The van der Waals surface area contributed by atoms with Crippen molar-refractivity contribution in [3.05, 3.63) is 46.4 Å². The molecule has 3 aromatic heterocycles. The Morgan fingerprint density at radius 3 is 2.12 bits per heavy atom. The third-order valence-corrected chi connectivity index (χ3v) is 4.64. The van der Waals surface area contributed by atoms with Crippen LogP contribution in [0.25, 0.3) is 27.8 Å². The summed E-state index contributed by atoms with van der Waals surface area (Å²) in [7, 11) is 1.93. The Morgan fingerprint density at radius 1 is 0.792 bits per heavy atom. The molecule has 0 unspecified atom stereocenters. The second-order valence-electron chi connectivity index (χ2n) is 6.71. The van der Waals surface area contributed by atoms with Gasteiger partial charge in [0.2, 0.25) is 0 Å². The molecule has 0 aliphatic rings. The summed E-state index contributed by atoms with van der Waals surface area (Å²) >= 11 is 0. The van der Waals surface area contributed by atoms with Crippen LogP contribution in [0.1, 0.15) is 28.1 Å². The second-order valence-corrected chi connectivity index (χ2v) is 6.71. The monoisotopic (exact) mass is 319 g/mol. The zero-order chi connectivity index (χ0) is 17.2. The van der Waals surface area contributed by atoms with Crippen LogP contribution in [0.4, 0.5) is 0 Å². The SMILES string of the molecule is Cc1cc(C)c(-c2c(C)nn3c2nc(C)c2cn(C)nc23)c(C)c1. The second kappa shape index (κ2) is 4.90. The van der Waals surface area contributed by atoms with E-state index in [-0.39, 0.29) is 0 Å². The molecule has 5 heteroatoms. The maximum Gasteiger partial charge on any atom is 0.186 e. The Labute approximate surface area is 140 Å². The van der Waals surface area contributed by atoms with Crippen molar-refractivity contribution >= 4 is 16.7 Å². The molecule has 0 amide bonds. The van der Waals surface area contributed by atoms with Gasteiger partial charge in [0.1, 0.15) is 0 Å². The van der Waals surface area contributed by atoms with Gasteiger partial charge in [-0.3, -0.25) is 4.68 Å². The summed E-state index contributed by atoms with van der Waals surface area (Å²) in [6.07, 6.45) is 2.00. The summed E-state index contributed by atoms with van der Waals surface area (Å²) in [5.74, 6) is 0. The summed E-state index contributed by atoms with van der Waals surface area (Å²) in [6, 6.07) is 4.44. The summed E-state index contributed by atoms with van der Waals surface area (Å²) in [5, 5.41) is 10.4. The molecular weight excluding hydrogens is 298 g/mol. The average molecular weight is 319 g/mol. The lowest BCUT2D eigenvalue weighted by Gasteiger charge is -2.11. The van der Waals surface area contributed by atoms with Gasteiger partial charge in [-0.25, -0.2) is 4.98 Å². The van der Waals surface area contributed by atoms with E-state index in [2.05, 4.69) is 38.0 Å². The molecule has 0 fully saturated rings. The fourth-order valence-corrected chi connectivity index (χ4v) is 3.74. The maximum atomic E-state index is 4.87. The van der Waals surface area contributed by atoms with E-state index in [0.29, 0.717) is 0 Å². The van der Waals surface area contributed by atoms with E-state index in [1.807, 2.05) is 36.3 Å². The molecule has 3 heterocycles. The highest BCUT2D eigenvalue weighted by Crippen LogP contribution is 2.34. The first kappa shape index (κ1) is 14.9. The standard InChI is InChI=1S/C19H21N5/c1-10-7-11(2)16(12(3)8-10)17-14(5)21-24-18-15(9-23(6)22-18)13(4)20-19(17)24/h7-9H,1-6H3. The van der Waals surface area contributed by atoms with E-state index in [1.54, 1.807) is 0 Å². The van der Waals surface area contributed by atoms with Crippen molar-refractivity contribution in [3.63, 3.8) is 0 Å². The molecule has 24 heavy (non-hydrogen) atoms. The normalized spacial score (nSPS) is 11.8. The van der Waals surface area contributed by atoms with Crippen LogP contribution in [0.15, 0.2) is 18.3 Å². The highest BCUT2D eigenvalue weighted by Gasteiger charge is 2.20. The van der Waals surface area contributed by atoms with E-state index in [4.69, 9.17) is 10.1 Å². The van der Waals surface area contributed by atoms with Gasteiger partial charge >= 0.3 is 0 Å². The predicted octanol–water partition coefficient (Wildman–Crippen LogP) is 3.83. The topological polar surface area (TPSA) is 48.0 Å². The van der Waals surface area contributed by atoms with Crippen LogP contribution in [0.2, 0.25) is 0 Å². The number of rotatable bonds is 1. The molecule has 0 N–H and O–H groups in total. The van der Waals surface area contributed by atoms with Gasteiger partial charge in [-0.05, 0) is 51.3 Å². The molecule has 122 valence electrons. The Kier molecular flexibility index (Phi) is 3.04. The van der Waals surface area contributed by atoms with Gasteiger partial charge in [0.15, 0.2) is 11.3 Å². The maximum absolute atomic E-state index is 4.87. The Bertz CT molecular complexity index is 1090. The zero-order valence-electron chi connectivity index (χ0n) is 15.0. The highest BCUT2D eigenvalue weighted by molar-refractivity contribution is 5.88. The number of aromatic nitrogens is 5. The van der Waals surface area contributed by atoms with Crippen molar-refractivity contribution in [3.8, 4) is 11.1 Å². The molecule has 4 aromatic rings. The van der Waals surface area contributed by atoms with E-state index in [1.165, 1.54) is 22.3 Å². The van der Waals surface area contributed by atoms with Crippen LogP contribution < -0.4 is 0 Å². The molecule has 0 atom stereocenters. The minimum absolute atomic E-state index is 0.858. The smallest absolute Gasteiger partial charge is 0.186 e. The molecule has 0 radical (unpaired) electrons. The third-order valence-electron chi connectivity index (χ3n) is 4.64. The Balaban J connectivity index is 2.16. The third kappa shape index (κ3) is 1.97. The molecule has 0 aliphatic carbocycles. The highest BCUT2D eigenvalue weighted by atomic mass is 15.4. The molecule has 1 aromatic carbocycles. The lowest BCUT2D eigenvalue weighted by atomic mass is 9.94. The van der Waals surface area contributed by atoms with Gasteiger partial charge < -0.3 is 0 Å². The fourth-order valence-electron chi connectivity index (χ4n) is 3.74. The van der Waals surface area contributed by atoms with Crippen molar-refractivity contribution in [2.75, 3.05) is 0 Å². The predicted molar refractivity (Wildman–Crippen MR) is 96.4 cm³/mol. The van der Waals surface area contributed by atoms with Gasteiger partial charge in [-0.15, -0.1) is 0 Å². The number of hydrogen-bond acceptors (Lipinski definition) is 3. The van der Waals surface area contributed by atoms with E-state index >= 15 is 0 Å².